The molecule has 0 aromatic rings. The lowest BCUT2D eigenvalue weighted by Crippen LogP contribution is -2.62. The van der Waals surface area contributed by atoms with Crippen LogP contribution in [0.3, 0.4) is 0 Å². The van der Waals surface area contributed by atoms with E-state index in [2.05, 4.69) is 34.6 Å². The van der Waals surface area contributed by atoms with E-state index in [-0.39, 0.29) is 29.1 Å². The van der Waals surface area contributed by atoms with Gasteiger partial charge in [-0.3, -0.25) is 0 Å². The van der Waals surface area contributed by atoms with Gasteiger partial charge in [0.1, 0.15) is 0 Å². The number of rotatable bonds is 8. The van der Waals surface area contributed by atoms with Crippen LogP contribution in [0.2, 0.25) is 0 Å². The van der Waals surface area contributed by atoms with Crippen LogP contribution in [0.4, 0.5) is 4.79 Å². The van der Waals surface area contributed by atoms with E-state index in [1.54, 1.807) is 4.90 Å². The van der Waals surface area contributed by atoms with Crippen molar-refractivity contribution in [1.82, 2.24) is 4.90 Å². The van der Waals surface area contributed by atoms with E-state index < -0.39 is 0 Å². The maximum Gasteiger partial charge on any atom is 0.409 e. The van der Waals surface area contributed by atoms with Gasteiger partial charge < -0.3 is 19.8 Å². The number of fused-ring (bicyclic) bond motifs is 5. The van der Waals surface area contributed by atoms with Crippen molar-refractivity contribution in [3.8, 4) is 0 Å². The van der Waals surface area contributed by atoms with Crippen LogP contribution < -0.4 is 0 Å². The molecule has 208 valence electrons. The quantitative estimate of drug-likeness (QED) is 0.395. The number of unbranched alkanes of at least 4 members (excludes halogenated alkanes) is 1. The average molecular weight is 506 g/mol. The number of carbonyl (C=O) groups excluding carboxylic acids is 1. The maximum atomic E-state index is 12.3. The van der Waals surface area contributed by atoms with E-state index in [4.69, 9.17) is 4.74 Å². The SMILES string of the molecule is CCCCN(C)C(=O)OCC[C@@H](C)[C@H]1CC[C@H]2C3[C@H](O)[C@H](CC)[C@@H]4C[C@H](O)CC[C@]4(C)[C@H]3CCC12C. The van der Waals surface area contributed by atoms with Crippen molar-refractivity contribution in [3.05, 3.63) is 0 Å². The molecule has 4 fully saturated rings. The second-order valence-corrected chi connectivity index (χ2v) is 13.8. The average Bonchev–Trinajstić information content (AvgIpc) is 3.20. The number of hydrogen-bond donors (Lipinski definition) is 2. The second kappa shape index (κ2) is 11.1. The molecule has 4 aliphatic carbocycles. The predicted molar refractivity (Wildman–Crippen MR) is 144 cm³/mol. The predicted octanol–water partition coefficient (Wildman–Crippen LogP) is 6.51. The molecule has 0 bridgehead atoms. The maximum absolute atomic E-state index is 12.3. The van der Waals surface area contributed by atoms with Gasteiger partial charge in [-0.15, -0.1) is 0 Å². The molecule has 0 radical (unpaired) electrons. The molecule has 0 saturated heterocycles. The summed E-state index contributed by atoms with van der Waals surface area (Å²) < 4.78 is 5.64. The summed E-state index contributed by atoms with van der Waals surface area (Å²) in [6.07, 6.45) is 11.3. The Morgan fingerprint density at radius 3 is 2.42 bits per heavy atom. The van der Waals surface area contributed by atoms with Crippen LogP contribution in [0.25, 0.3) is 0 Å². The van der Waals surface area contributed by atoms with Gasteiger partial charge in [-0.1, -0.05) is 47.5 Å². The van der Waals surface area contributed by atoms with Crippen molar-refractivity contribution >= 4 is 6.09 Å². The number of aliphatic hydroxyl groups is 2. The van der Waals surface area contributed by atoms with E-state index in [0.29, 0.717) is 48.0 Å². The zero-order chi connectivity index (χ0) is 26.3. The molecule has 4 rings (SSSR count). The molecule has 2 N–H and O–H groups in total. The topological polar surface area (TPSA) is 70.0 Å². The zero-order valence-electron chi connectivity index (χ0n) is 24.0. The van der Waals surface area contributed by atoms with Crippen LogP contribution in [0.1, 0.15) is 105 Å². The molecule has 4 saturated carbocycles. The number of carbonyl (C=O) groups is 1. The Morgan fingerprint density at radius 1 is 1.03 bits per heavy atom. The first-order chi connectivity index (χ1) is 17.1. The van der Waals surface area contributed by atoms with Crippen LogP contribution in [0.15, 0.2) is 0 Å². The molecule has 0 aromatic heterocycles. The summed E-state index contributed by atoms with van der Waals surface area (Å²) in [6, 6.07) is 0. The molecule has 36 heavy (non-hydrogen) atoms. The third-order valence-electron chi connectivity index (χ3n) is 12.1. The van der Waals surface area contributed by atoms with Crippen LogP contribution >= 0.6 is 0 Å². The number of amides is 1. The fourth-order valence-corrected chi connectivity index (χ4v) is 10.1. The summed E-state index contributed by atoms with van der Waals surface area (Å²) in [5.74, 6) is 3.47. The Bertz CT molecular complexity index is 759. The Kier molecular flexibility index (Phi) is 8.71. The fourth-order valence-electron chi connectivity index (χ4n) is 10.1. The van der Waals surface area contributed by atoms with Crippen molar-refractivity contribution in [1.29, 1.82) is 0 Å². The minimum Gasteiger partial charge on any atom is -0.449 e. The first-order valence-electron chi connectivity index (χ1n) is 15.3. The Balaban J connectivity index is 1.43. The highest BCUT2D eigenvalue weighted by Crippen LogP contribution is 2.69. The number of nitrogens with zero attached hydrogens (tertiary/aromatic N) is 1. The standard InChI is InChI=1S/C31H55NO4/c1-7-9-17-32(6)29(35)36-18-14-20(3)23-10-11-24-27-25(13-16-30(23,24)4)31(5)15-12-21(33)19-26(31)22(8-2)28(27)34/h20-28,33-34H,7-19H2,1-6H3/t20-,21-,22-,23-,24+,25+,26+,27?,28-,30?,31-/m1/s1. The number of hydrogen-bond acceptors (Lipinski definition) is 4. The second-order valence-electron chi connectivity index (χ2n) is 13.8. The molecule has 0 aromatic carbocycles. The van der Waals surface area contributed by atoms with E-state index in [0.717, 1.165) is 51.5 Å². The molecule has 0 aliphatic heterocycles. The molecule has 11 atom stereocenters. The minimum atomic E-state index is -0.235. The highest BCUT2D eigenvalue weighted by molar-refractivity contribution is 5.67. The van der Waals surface area contributed by atoms with Crippen molar-refractivity contribution < 1.29 is 19.7 Å². The van der Waals surface area contributed by atoms with Gasteiger partial charge in [0.05, 0.1) is 18.8 Å². The smallest absolute Gasteiger partial charge is 0.409 e. The monoisotopic (exact) mass is 505 g/mol. The summed E-state index contributed by atoms with van der Waals surface area (Å²) in [4.78, 5) is 14.0. The third kappa shape index (κ3) is 4.85. The lowest BCUT2D eigenvalue weighted by atomic mass is 9.41. The first-order valence-corrected chi connectivity index (χ1v) is 15.3. The lowest BCUT2D eigenvalue weighted by Gasteiger charge is -2.64. The van der Waals surface area contributed by atoms with Crippen LogP contribution in [-0.2, 0) is 4.74 Å². The molecule has 4 aliphatic rings. The highest BCUT2D eigenvalue weighted by atomic mass is 16.6. The van der Waals surface area contributed by atoms with Gasteiger partial charge in [0.15, 0.2) is 0 Å². The molecule has 0 heterocycles. The van der Waals surface area contributed by atoms with Gasteiger partial charge >= 0.3 is 6.09 Å². The Hall–Kier alpha value is -0.810. The molecule has 0 spiro atoms. The largest absolute Gasteiger partial charge is 0.449 e. The normalized spacial score (nSPS) is 44.8. The van der Waals surface area contributed by atoms with Crippen molar-refractivity contribution in [2.45, 2.75) is 117 Å². The van der Waals surface area contributed by atoms with E-state index >= 15 is 0 Å². The summed E-state index contributed by atoms with van der Waals surface area (Å²) >= 11 is 0. The summed E-state index contributed by atoms with van der Waals surface area (Å²) in [6.45, 7) is 13.1. The number of aliphatic hydroxyl groups excluding tert-OH is 2. The van der Waals surface area contributed by atoms with Gasteiger partial charge in [0.25, 0.3) is 0 Å². The van der Waals surface area contributed by atoms with Crippen LogP contribution in [0, 0.1) is 52.3 Å². The van der Waals surface area contributed by atoms with Crippen molar-refractivity contribution in [2.24, 2.45) is 52.3 Å². The lowest BCUT2D eigenvalue weighted by molar-refractivity contribution is -0.203. The van der Waals surface area contributed by atoms with Crippen LogP contribution in [-0.4, -0.2) is 53.6 Å². The first kappa shape index (κ1) is 28.2. The minimum absolute atomic E-state index is 0.188. The third-order valence-corrected chi connectivity index (χ3v) is 12.1. The van der Waals surface area contributed by atoms with Gasteiger partial charge in [-0.25, -0.2) is 4.79 Å². The van der Waals surface area contributed by atoms with E-state index in [9.17, 15) is 15.0 Å². The van der Waals surface area contributed by atoms with E-state index in [1.165, 1.54) is 25.7 Å². The molecule has 5 nitrogen and oxygen atoms in total. The Labute approximate surface area is 220 Å². The van der Waals surface area contributed by atoms with Gasteiger partial charge in [0.2, 0.25) is 0 Å². The highest BCUT2D eigenvalue weighted by Gasteiger charge is 2.64. The summed E-state index contributed by atoms with van der Waals surface area (Å²) in [5.41, 5.74) is 0.520. The van der Waals surface area contributed by atoms with Crippen LogP contribution in [0.5, 0.6) is 0 Å². The van der Waals surface area contributed by atoms with E-state index in [1.807, 2.05) is 7.05 Å². The molecule has 1 amide bonds. The molecule has 5 heteroatoms. The van der Waals surface area contributed by atoms with Crippen molar-refractivity contribution in [3.63, 3.8) is 0 Å². The molecular formula is C31H55NO4. The summed E-state index contributed by atoms with van der Waals surface area (Å²) in [5, 5.41) is 22.4. The Morgan fingerprint density at radius 2 is 1.72 bits per heavy atom. The van der Waals surface area contributed by atoms with Gasteiger partial charge in [0, 0.05) is 13.6 Å². The fraction of sp³-hybridized carbons (Fsp3) is 0.968. The van der Waals surface area contributed by atoms with Crippen molar-refractivity contribution in [2.75, 3.05) is 20.2 Å². The van der Waals surface area contributed by atoms with Gasteiger partial charge in [-0.2, -0.15) is 0 Å². The summed E-state index contributed by atoms with van der Waals surface area (Å²) in [7, 11) is 1.83. The molecule has 2 unspecified atom stereocenters. The van der Waals surface area contributed by atoms with Gasteiger partial charge in [-0.05, 0) is 110 Å². The number of ether oxygens (including phenoxy) is 1. The molecular weight excluding hydrogens is 450 g/mol. The zero-order valence-corrected chi connectivity index (χ0v) is 24.0.